The van der Waals surface area contributed by atoms with Crippen LogP contribution in [0, 0.1) is 5.82 Å². The van der Waals surface area contributed by atoms with Gasteiger partial charge < -0.3 is 9.08 Å². The van der Waals surface area contributed by atoms with Crippen molar-refractivity contribution in [1.29, 1.82) is 0 Å². The highest BCUT2D eigenvalue weighted by Gasteiger charge is 2.40. The summed E-state index contributed by atoms with van der Waals surface area (Å²) in [5.74, 6) is -3.05. The average molecular weight is 356 g/mol. The SMILES string of the molecule is CS(=O)(=O)Oc1ccc2c(c1F)CN(C1CCC(=O)NC1=O)C2=O. The molecule has 1 unspecified atom stereocenters. The summed E-state index contributed by atoms with van der Waals surface area (Å²) in [6, 6.07) is 1.44. The van der Waals surface area contributed by atoms with E-state index >= 15 is 0 Å². The molecule has 2 heterocycles. The van der Waals surface area contributed by atoms with Crippen LogP contribution in [-0.4, -0.2) is 43.3 Å². The number of nitrogens with one attached hydrogen (secondary N) is 1. The van der Waals surface area contributed by atoms with Gasteiger partial charge in [0.15, 0.2) is 11.6 Å². The first kappa shape index (κ1) is 16.4. The molecule has 10 heteroatoms. The lowest BCUT2D eigenvalue weighted by molar-refractivity contribution is -0.136. The van der Waals surface area contributed by atoms with E-state index in [2.05, 4.69) is 9.50 Å². The van der Waals surface area contributed by atoms with Crippen molar-refractivity contribution in [3.8, 4) is 5.75 Å². The van der Waals surface area contributed by atoms with Crippen molar-refractivity contribution in [2.24, 2.45) is 0 Å². The summed E-state index contributed by atoms with van der Waals surface area (Å²) in [4.78, 5) is 36.7. The van der Waals surface area contributed by atoms with Crippen molar-refractivity contribution in [2.45, 2.75) is 25.4 Å². The topological polar surface area (TPSA) is 110 Å². The number of benzene rings is 1. The highest BCUT2D eigenvalue weighted by molar-refractivity contribution is 7.86. The number of fused-ring (bicyclic) bond motifs is 1. The Balaban J connectivity index is 1.91. The van der Waals surface area contributed by atoms with Crippen LogP contribution in [0.15, 0.2) is 12.1 Å². The first-order valence-corrected chi connectivity index (χ1v) is 8.84. The lowest BCUT2D eigenvalue weighted by Gasteiger charge is -2.29. The predicted octanol–water partition coefficient (Wildman–Crippen LogP) is -0.0749. The Morgan fingerprint density at radius 2 is 2.00 bits per heavy atom. The summed E-state index contributed by atoms with van der Waals surface area (Å²) in [5.41, 5.74) is 0.00361. The van der Waals surface area contributed by atoms with Gasteiger partial charge in [-0.15, -0.1) is 0 Å². The second-order valence-corrected chi connectivity index (χ2v) is 7.17. The number of hydrogen-bond donors (Lipinski definition) is 1. The van der Waals surface area contributed by atoms with Crippen molar-refractivity contribution >= 4 is 27.8 Å². The maximum atomic E-state index is 14.5. The molecular weight excluding hydrogens is 343 g/mol. The summed E-state index contributed by atoms with van der Waals surface area (Å²) in [7, 11) is -3.92. The fourth-order valence-corrected chi connectivity index (χ4v) is 3.27. The van der Waals surface area contributed by atoms with E-state index in [0.717, 1.165) is 12.3 Å². The molecule has 0 spiro atoms. The summed E-state index contributed by atoms with van der Waals surface area (Å²) in [5, 5.41) is 2.14. The molecule has 1 saturated heterocycles. The van der Waals surface area contributed by atoms with Crippen LogP contribution < -0.4 is 9.50 Å². The van der Waals surface area contributed by atoms with E-state index in [9.17, 15) is 27.2 Å². The van der Waals surface area contributed by atoms with Gasteiger partial charge in [-0.25, -0.2) is 4.39 Å². The van der Waals surface area contributed by atoms with Crippen molar-refractivity contribution in [3.63, 3.8) is 0 Å². The van der Waals surface area contributed by atoms with Crippen LogP contribution in [0.4, 0.5) is 4.39 Å². The number of imide groups is 1. The molecule has 0 saturated carbocycles. The fourth-order valence-electron chi connectivity index (χ4n) is 2.81. The van der Waals surface area contributed by atoms with E-state index in [1.54, 1.807) is 0 Å². The van der Waals surface area contributed by atoms with E-state index in [0.29, 0.717) is 0 Å². The van der Waals surface area contributed by atoms with Gasteiger partial charge >= 0.3 is 10.1 Å². The molecule has 1 N–H and O–H groups in total. The molecule has 2 aliphatic rings. The monoisotopic (exact) mass is 356 g/mol. The Labute approximate surface area is 136 Å². The maximum Gasteiger partial charge on any atom is 0.306 e. The molecule has 1 aromatic carbocycles. The molecule has 8 nitrogen and oxygen atoms in total. The molecule has 2 aliphatic heterocycles. The van der Waals surface area contributed by atoms with Crippen LogP contribution in [0.25, 0.3) is 0 Å². The zero-order valence-corrected chi connectivity index (χ0v) is 13.4. The number of nitrogens with zero attached hydrogens (tertiary/aromatic N) is 1. The van der Waals surface area contributed by atoms with E-state index in [4.69, 9.17) is 0 Å². The number of rotatable bonds is 3. The second-order valence-electron chi connectivity index (χ2n) is 5.59. The largest absolute Gasteiger partial charge is 0.379 e. The zero-order chi connectivity index (χ0) is 17.6. The van der Waals surface area contributed by atoms with Gasteiger partial charge in [-0.2, -0.15) is 8.42 Å². The number of piperidine rings is 1. The van der Waals surface area contributed by atoms with Crippen molar-refractivity contribution in [2.75, 3.05) is 6.26 Å². The second kappa shape index (κ2) is 5.55. The molecule has 24 heavy (non-hydrogen) atoms. The Hall–Kier alpha value is -2.49. The first-order chi connectivity index (χ1) is 11.2. The number of hydrogen-bond acceptors (Lipinski definition) is 6. The molecule has 1 aromatic rings. The smallest absolute Gasteiger partial charge is 0.306 e. The van der Waals surface area contributed by atoms with Gasteiger partial charge in [0.05, 0.1) is 12.8 Å². The molecule has 0 aliphatic carbocycles. The zero-order valence-electron chi connectivity index (χ0n) is 12.5. The van der Waals surface area contributed by atoms with Gasteiger partial charge in [0.2, 0.25) is 11.8 Å². The van der Waals surface area contributed by atoms with Gasteiger partial charge in [-0.3, -0.25) is 19.7 Å². The van der Waals surface area contributed by atoms with Gasteiger partial charge in [-0.05, 0) is 18.6 Å². The Morgan fingerprint density at radius 1 is 1.29 bits per heavy atom. The van der Waals surface area contributed by atoms with Crippen LogP contribution in [0.1, 0.15) is 28.8 Å². The lowest BCUT2D eigenvalue weighted by atomic mass is 10.0. The van der Waals surface area contributed by atoms with Crippen molar-refractivity contribution in [1.82, 2.24) is 10.2 Å². The molecule has 0 aromatic heterocycles. The summed E-state index contributed by atoms with van der Waals surface area (Å²) >= 11 is 0. The van der Waals surface area contributed by atoms with Gasteiger partial charge in [-0.1, -0.05) is 0 Å². The Kier molecular flexibility index (Phi) is 3.78. The van der Waals surface area contributed by atoms with E-state index < -0.39 is 45.4 Å². The van der Waals surface area contributed by atoms with Crippen LogP contribution in [0.5, 0.6) is 5.75 Å². The molecule has 0 bridgehead atoms. The molecule has 3 amide bonds. The standard InChI is InChI=1S/C14H13FN2O6S/c1-24(21,22)23-10-4-2-7-8(12(10)15)6-17(14(7)20)9-3-5-11(18)16-13(9)19/h2,4,9H,3,5-6H2,1H3,(H,16,18,19). The van der Waals surface area contributed by atoms with E-state index in [-0.39, 0.29) is 30.5 Å². The number of halogens is 1. The first-order valence-electron chi connectivity index (χ1n) is 7.03. The predicted molar refractivity (Wildman–Crippen MR) is 77.9 cm³/mol. The third-order valence-electron chi connectivity index (χ3n) is 3.85. The molecular formula is C14H13FN2O6S. The highest BCUT2D eigenvalue weighted by Crippen LogP contribution is 2.33. The van der Waals surface area contributed by atoms with Crippen LogP contribution in [0.3, 0.4) is 0 Å². The molecule has 3 rings (SSSR count). The van der Waals surface area contributed by atoms with Crippen LogP contribution in [0.2, 0.25) is 0 Å². The van der Waals surface area contributed by atoms with E-state index in [1.165, 1.54) is 11.0 Å². The third kappa shape index (κ3) is 2.84. The van der Waals surface area contributed by atoms with Gasteiger partial charge in [0, 0.05) is 17.5 Å². The highest BCUT2D eigenvalue weighted by atomic mass is 32.2. The molecule has 1 atom stereocenters. The molecule has 128 valence electrons. The minimum atomic E-state index is -3.92. The number of amides is 3. The van der Waals surface area contributed by atoms with Gasteiger partial charge in [0.25, 0.3) is 5.91 Å². The molecule has 1 fully saturated rings. The van der Waals surface area contributed by atoms with Crippen molar-refractivity contribution in [3.05, 3.63) is 29.1 Å². The number of carbonyl (C=O) groups excluding carboxylic acids is 3. The van der Waals surface area contributed by atoms with Gasteiger partial charge in [0.1, 0.15) is 6.04 Å². The van der Waals surface area contributed by atoms with Crippen LogP contribution >= 0.6 is 0 Å². The molecule has 0 radical (unpaired) electrons. The average Bonchev–Trinajstić information content (AvgIpc) is 2.79. The summed E-state index contributed by atoms with van der Waals surface area (Å²) in [6.45, 7) is -0.201. The van der Waals surface area contributed by atoms with E-state index in [1.807, 2.05) is 0 Å². The van der Waals surface area contributed by atoms with Crippen LogP contribution in [-0.2, 0) is 26.3 Å². The Morgan fingerprint density at radius 3 is 2.62 bits per heavy atom. The minimum Gasteiger partial charge on any atom is -0.379 e. The summed E-state index contributed by atoms with van der Waals surface area (Å²) in [6.07, 6.45) is 1.01. The Bertz CT molecular complexity index is 866. The minimum absolute atomic E-state index is 0.0362. The third-order valence-corrected chi connectivity index (χ3v) is 4.34. The van der Waals surface area contributed by atoms with Crippen molar-refractivity contribution < 1.29 is 31.4 Å². The quantitative estimate of drug-likeness (QED) is 0.599. The fraction of sp³-hybridized carbons (Fsp3) is 0.357. The summed E-state index contributed by atoms with van der Waals surface area (Å²) < 4.78 is 41.3. The maximum absolute atomic E-state index is 14.5. The normalized spacial score (nSPS) is 20.8. The number of carbonyl (C=O) groups is 3. The lowest BCUT2D eigenvalue weighted by Crippen LogP contribution is -2.52.